The molecule has 1 aromatic carbocycles. The third kappa shape index (κ3) is 9.44. The van der Waals surface area contributed by atoms with E-state index in [1.807, 2.05) is 31.2 Å². The topological polar surface area (TPSA) is 123 Å². The second-order valence-electron chi connectivity index (χ2n) is 10.3. The minimum absolute atomic E-state index is 0.00549. The standard InChI is InChI=1S/C27H45N7O3S/c1-4-34(20(2)35)27(25(28)26(37)30-21-8-6-5-7-9-21)38-31-23-12-10-22(11-13-23)29-24(36)14-15-33-18-16-32(3)17-19-33/h10-13,21,25,27,31H,4-9,14-19,28H2,1-3H3,(H,29,36)(H,30,37)/t25-,27?/m1/s1. The molecule has 11 heteroatoms. The van der Waals surface area contributed by atoms with Crippen LogP contribution in [0.3, 0.4) is 0 Å². The van der Waals surface area contributed by atoms with Gasteiger partial charge in [0, 0.05) is 70.0 Å². The average Bonchev–Trinajstić information content (AvgIpc) is 2.91. The summed E-state index contributed by atoms with van der Waals surface area (Å²) in [4.78, 5) is 43.9. The van der Waals surface area contributed by atoms with Gasteiger partial charge in [-0.2, -0.15) is 0 Å². The molecule has 1 aromatic rings. The van der Waals surface area contributed by atoms with Gasteiger partial charge in [0.15, 0.2) is 0 Å². The Hall–Kier alpha value is -2.34. The van der Waals surface area contributed by atoms with Gasteiger partial charge in [0.25, 0.3) is 0 Å². The number of likely N-dealkylation sites (N-methyl/N-ethyl adjacent to an activating group) is 2. The molecule has 1 saturated carbocycles. The van der Waals surface area contributed by atoms with Crippen LogP contribution >= 0.6 is 11.9 Å². The monoisotopic (exact) mass is 547 g/mol. The molecule has 1 aliphatic heterocycles. The van der Waals surface area contributed by atoms with Gasteiger partial charge in [-0.15, -0.1) is 0 Å². The lowest BCUT2D eigenvalue weighted by Crippen LogP contribution is -2.56. The van der Waals surface area contributed by atoms with Gasteiger partial charge in [-0.3, -0.25) is 14.4 Å². The number of piperazine rings is 1. The second kappa shape index (κ2) is 15.3. The van der Waals surface area contributed by atoms with E-state index in [0.717, 1.165) is 69.8 Å². The van der Waals surface area contributed by atoms with Gasteiger partial charge < -0.3 is 35.8 Å². The number of carbonyl (C=O) groups is 3. The SMILES string of the molecule is CCN(C(C)=O)C(SNc1ccc(NC(=O)CCN2CCN(C)CC2)cc1)[C@H](N)C(=O)NC1CCCCC1. The smallest absolute Gasteiger partial charge is 0.240 e. The first kappa shape index (κ1) is 30.2. The molecule has 3 amide bonds. The van der Waals surface area contributed by atoms with Crippen molar-refractivity contribution in [1.82, 2.24) is 20.0 Å². The molecule has 5 N–H and O–H groups in total. The number of hydrogen-bond acceptors (Lipinski definition) is 8. The van der Waals surface area contributed by atoms with Gasteiger partial charge in [-0.25, -0.2) is 0 Å². The molecule has 1 saturated heterocycles. The first-order valence-corrected chi connectivity index (χ1v) is 14.7. The lowest BCUT2D eigenvalue weighted by Gasteiger charge is -2.34. The van der Waals surface area contributed by atoms with Crippen molar-refractivity contribution in [2.24, 2.45) is 5.73 Å². The maximum Gasteiger partial charge on any atom is 0.240 e. The second-order valence-corrected chi connectivity index (χ2v) is 11.2. The number of nitrogens with one attached hydrogen (secondary N) is 3. The van der Waals surface area contributed by atoms with Crippen LogP contribution in [0.4, 0.5) is 11.4 Å². The van der Waals surface area contributed by atoms with Crippen LogP contribution in [0.1, 0.15) is 52.4 Å². The van der Waals surface area contributed by atoms with Gasteiger partial charge >= 0.3 is 0 Å². The zero-order valence-electron chi connectivity index (χ0n) is 23.1. The fourth-order valence-corrected chi connectivity index (χ4v) is 5.98. The van der Waals surface area contributed by atoms with Crippen LogP contribution in [0.2, 0.25) is 0 Å². The van der Waals surface area contributed by atoms with Gasteiger partial charge in [0.05, 0.1) is 0 Å². The molecular formula is C27H45N7O3S. The van der Waals surface area contributed by atoms with Gasteiger partial charge in [0.1, 0.15) is 11.4 Å². The number of rotatable bonds is 12. The minimum Gasteiger partial charge on any atom is -0.352 e. The molecule has 1 heterocycles. The molecule has 38 heavy (non-hydrogen) atoms. The van der Waals surface area contributed by atoms with E-state index >= 15 is 0 Å². The van der Waals surface area contributed by atoms with Crippen molar-refractivity contribution in [3.05, 3.63) is 24.3 Å². The van der Waals surface area contributed by atoms with Crippen molar-refractivity contribution in [2.45, 2.75) is 69.8 Å². The Kier molecular flexibility index (Phi) is 12.2. The van der Waals surface area contributed by atoms with Crippen molar-refractivity contribution in [3.8, 4) is 0 Å². The number of benzene rings is 1. The Bertz CT molecular complexity index is 902. The summed E-state index contributed by atoms with van der Waals surface area (Å²) >= 11 is 1.25. The largest absolute Gasteiger partial charge is 0.352 e. The molecule has 212 valence electrons. The predicted octanol–water partition coefficient (Wildman–Crippen LogP) is 2.29. The molecule has 0 bridgehead atoms. The van der Waals surface area contributed by atoms with E-state index in [-0.39, 0.29) is 23.8 Å². The average molecular weight is 548 g/mol. The third-order valence-electron chi connectivity index (χ3n) is 7.33. The Morgan fingerprint density at radius 2 is 1.68 bits per heavy atom. The van der Waals surface area contributed by atoms with Crippen LogP contribution in [0.25, 0.3) is 0 Å². The number of nitrogens with zero attached hydrogens (tertiary/aromatic N) is 3. The Morgan fingerprint density at radius 1 is 1.05 bits per heavy atom. The van der Waals surface area contributed by atoms with Crippen molar-refractivity contribution in [2.75, 3.05) is 56.4 Å². The van der Waals surface area contributed by atoms with E-state index in [2.05, 4.69) is 32.2 Å². The Balaban J connectivity index is 1.51. The molecule has 2 atom stereocenters. The molecule has 2 aliphatic rings. The van der Waals surface area contributed by atoms with Crippen LogP contribution in [0.5, 0.6) is 0 Å². The first-order valence-electron chi connectivity index (χ1n) is 13.8. The lowest BCUT2D eigenvalue weighted by atomic mass is 9.95. The molecule has 1 aliphatic carbocycles. The number of nitrogens with two attached hydrogens (primary N) is 1. The summed E-state index contributed by atoms with van der Waals surface area (Å²) in [5, 5.41) is 5.47. The molecule has 0 radical (unpaired) electrons. The summed E-state index contributed by atoms with van der Waals surface area (Å²) in [5.41, 5.74) is 7.92. The first-order chi connectivity index (χ1) is 18.3. The fourth-order valence-electron chi connectivity index (χ4n) is 4.89. The highest BCUT2D eigenvalue weighted by atomic mass is 32.2. The summed E-state index contributed by atoms with van der Waals surface area (Å²) in [6.45, 7) is 8.63. The fraction of sp³-hybridized carbons (Fsp3) is 0.667. The van der Waals surface area contributed by atoms with Gasteiger partial charge in [-0.1, -0.05) is 19.3 Å². The number of anilines is 2. The van der Waals surface area contributed by atoms with E-state index < -0.39 is 11.4 Å². The van der Waals surface area contributed by atoms with Crippen LogP contribution in [0.15, 0.2) is 24.3 Å². The maximum atomic E-state index is 13.0. The summed E-state index contributed by atoms with van der Waals surface area (Å²) < 4.78 is 3.25. The van der Waals surface area contributed by atoms with Gasteiger partial charge in [0.2, 0.25) is 17.7 Å². The predicted molar refractivity (Wildman–Crippen MR) is 155 cm³/mol. The van der Waals surface area contributed by atoms with E-state index in [0.29, 0.717) is 13.0 Å². The highest BCUT2D eigenvalue weighted by molar-refractivity contribution is 8.01. The zero-order valence-corrected chi connectivity index (χ0v) is 23.9. The maximum absolute atomic E-state index is 13.0. The van der Waals surface area contributed by atoms with Crippen LogP contribution in [-0.2, 0) is 14.4 Å². The van der Waals surface area contributed by atoms with E-state index in [1.165, 1.54) is 25.3 Å². The Labute approximate surface area is 231 Å². The molecule has 2 fully saturated rings. The van der Waals surface area contributed by atoms with Crippen molar-refractivity contribution < 1.29 is 14.4 Å². The number of amides is 3. The number of carbonyl (C=O) groups excluding carboxylic acids is 3. The van der Waals surface area contributed by atoms with Crippen molar-refractivity contribution >= 4 is 41.0 Å². The summed E-state index contributed by atoms with van der Waals surface area (Å²) in [5.74, 6) is -0.373. The van der Waals surface area contributed by atoms with Crippen LogP contribution in [-0.4, -0.2) is 96.2 Å². The summed E-state index contributed by atoms with van der Waals surface area (Å²) in [6.07, 6.45) is 5.82. The van der Waals surface area contributed by atoms with Crippen LogP contribution in [0, 0.1) is 0 Å². The van der Waals surface area contributed by atoms with Crippen molar-refractivity contribution in [3.63, 3.8) is 0 Å². The van der Waals surface area contributed by atoms with Gasteiger partial charge in [-0.05, 0) is 63.0 Å². The molecule has 1 unspecified atom stereocenters. The molecule has 3 rings (SSSR count). The highest BCUT2D eigenvalue weighted by Gasteiger charge is 2.33. The molecular weight excluding hydrogens is 502 g/mol. The Morgan fingerprint density at radius 3 is 2.29 bits per heavy atom. The summed E-state index contributed by atoms with van der Waals surface area (Å²) in [7, 11) is 2.12. The summed E-state index contributed by atoms with van der Waals surface area (Å²) in [6, 6.07) is 6.67. The molecule has 0 spiro atoms. The molecule has 0 aromatic heterocycles. The highest BCUT2D eigenvalue weighted by Crippen LogP contribution is 2.24. The van der Waals surface area contributed by atoms with E-state index in [9.17, 15) is 14.4 Å². The van der Waals surface area contributed by atoms with E-state index in [1.54, 1.807) is 4.90 Å². The van der Waals surface area contributed by atoms with Crippen LogP contribution < -0.4 is 21.1 Å². The third-order valence-corrected chi connectivity index (χ3v) is 8.47. The molecule has 10 nitrogen and oxygen atoms in total. The quantitative estimate of drug-likeness (QED) is 0.232. The van der Waals surface area contributed by atoms with Crippen molar-refractivity contribution in [1.29, 1.82) is 0 Å². The number of hydrogen-bond donors (Lipinski definition) is 4. The zero-order chi connectivity index (χ0) is 27.5. The normalized spacial score (nSPS) is 18.8. The minimum atomic E-state index is -0.878. The lowest BCUT2D eigenvalue weighted by molar-refractivity contribution is -0.131. The van der Waals surface area contributed by atoms with E-state index in [4.69, 9.17) is 5.73 Å².